The fourth-order valence-electron chi connectivity index (χ4n) is 2.26. The normalized spacial score (nSPS) is 16.9. The second kappa shape index (κ2) is 3.70. The molecule has 0 saturated carbocycles. The number of nitrogens with one attached hydrogen (secondary N) is 1. The number of H-pyrrole nitrogens is 1. The van der Waals surface area contributed by atoms with Gasteiger partial charge in [-0.05, 0) is 37.5 Å². The van der Waals surface area contributed by atoms with Crippen LogP contribution in [0.2, 0.25) is 0 Å². The summed E-state index contributed by atoms with van der Waals surface area (Å²) in [7, 11) is 0. The number of nitrogen functional groups attached to an aromatic ring is 1. The summed E-state index contributed by atoms with van der Waals surface area (Å²) in [5, 5.41) is 0. The predicted octanol–water partition coefficient (Wildman–Crippen LogP) is 2.14. The number of rotatable bonds is 1. The molecule has 1 aromatic heterocycles. The van der Waals surface area contributed by atoms with Crippen molar-refractivity contribution >= 4 is 22.7 Å². The minimum absolute atomic E-state index is 0.768. The smallest absolute Gasteiger partial charge is 0.203 e. The molecule has 0 radical (unpaired) electrons. The SMILES string of the molecule is Nc1ccc2[nH]c(N3CCCCC3)nc2c1. The van der Waals surface area contributed by atoms with Gasteiger partial charge in [-0.25, -0.2) is 4.98 Å². The van der Waals surface area contributed by atoms with Gasteiger partial charge in [0.05, 0.1) is 11.0 Å². The Hall–Kier alpha value is -1.71. The highest BCUT2D eigenvalue weighted by molar-refractivity contribution is 5.80. The molecule has 0 unspecified atom stereocenters. The van der Waals surface area contributed by atoms with Crippen molar-refractivity contribution in [1.82, 2.24) is 9.97 Å². The first-order chi connectivity index (χ1) is 7.83. The highest BCUT2D eigenvalue weighted by Crippen LogP contribution is 2.21. The lowest BCUT2D eigenvalue weighted by atomic mass is 10.1. The molecule has 0 spiro atoms. The van der Waals surface area contributed by atoms with Crippen LogP contribution in [-0.4, -0.2) is 23.1 Å². The molecule has 1 aromatic carbocycles. The van der Waals surface area contributed by atoms with Gasteiger partial charge in [-0.2, -0.15) is 0 Å². The van der Waals surface area contributed by atoms with E-state index < -0.39 is 0 Å². The van der Waals surface area contributed by atoms with Crippen molar-refractivity contribution < 1.29 is 0 Å². The molecule has 3 rings (SSSR count). The molecule has 2 aromatic rings. The maximum Gasteiger partial charge on any atom is 0.203 e. The first-order valence-electron chi connectivity index (χ1n) is 5.83. The second-order valence-corrected chi connectivity index (χ2v) is 4.38. The van der Waals surface area contributed by atoms with Crippen LogP contribution in [0.5, 0.6) is 0 Å². The van der Waals surface area contributed by atoms with Crippen LogP contribution in [0.15, 0.2) is 18.2 Å². The van der Waals surface area contributed by atoms with E-state index in [2.05, 4.69) is 14.9 Å². The van der Waals surface area contributed by atoms with Gasteiger partial charge >= 0.3 is 0 Å². The van der Waals surface area contributed by atoms with Crippen molar-refractivity contribution in [3.63, 3.8) is 0 Å². The Morgan fingerprint density at radius 2 is 2.00 bits per heavy atom. The number of anilines is 2. The number of benzene rings is 1. The molecule has 1 aliphatic heterocycles. The zero-order valence-corrected chi connectivity index (χ0v) is 9.24. The number of nitrogens with two attached hydrogens (primary N) is 1. The third-order valence-electron chi connectivity index (χ3n) is 3.15. The summed E-state index contributed by atoms with van der Waals surface area (Å²) in [5.74, 6) is 0.986. The molecule has 4 nitrogen and oxygen atoms in total. The van der Waals surface area contributed by atoms with Gasteiger partial charge in [0.25, 0.3) is 0 Å². The number of piperidine rings is 1. The summed E-state index contributed by atoms with van der Waals surface area (Å²) in [5.41, 5.74) is 8.54. The molecule has 1 aliphatic rings. The van der Waals surface area contributed by atoms with Crippen LogP contribution in [0, 0.1) is 0 Å². The van der Waals surface area contributed by atoms with Crippen molar-refractivity contribution in [1.29, 1.82) is 0 Å². The number of hydrogen-bond acceptors (Lipinski definition) is 3. The third-order valence-corrected chi connectivity index (χ3v) is 3.15. The monoisotopic (exact) mass is 216 g/mol. The third kappa shape index (κ3) is 1.60. The molecule has 3 N–H and O–H groups in total. The van der Waals surface area contributed by atoms with Crippen molar-refractivity contribution in [2.45, 2.75) is 19.3 Å². The van der Waals surface area contributed by atoms with Crippen molar-refractivity contribution in [2.24, 2.45) is 0 Å². The number of imidazole rings is 1. The van der Waals surface area contributed by atoms with Gasteiger partial charge in [0, 0.05) is 18.8 Å². The highest BCUT2D eigenvalue weighted by Gasteiger charge is 2.14. The fourth-order valence-corrected chi connectivity index (χ4v) is 2.26. The van der Waals surface area contributed by atoms with E-state index >= 15 is 0 Å². The molecule has 84 valence electrons. The highest BCUT2D eigenvalue weighted by atomic mass is 15.3. The van der Waals surface area contributed by atoms with E-state index in [4.69, 9.17) is 5.73 Å². The van der Waals surface area contributed by atoms with E-state index in [1.165, 1.54) is 19.3 Å². The van der Waals surface area contributed by atoms with Crippen molar-refractivity contribution in [3.05, 3.63) is 18.2 Å². The summed E-state index contributed by atoms with van der Waals surface area (Å²) in [6.45, 7) is 2.21. The largest absolute Gasteiger partial charge is 0.399 e. The van der Waals surface area contributed by atoms with Crippen molar-refractivity contribution in [3.8, 4) is 0 Å². The van der Waals surface area contributed by atoms with Crippen LogP contribution in [0.25, 0.3) is 11.0 Å². The minimum Gasteiger partial charge on any atom is -0.399 e. The summed E-state index contributed by atoms with van der Waals surface area (Å²) in [6.07, 6.45) is 3.86. The van der Waals surface area contributed by atoms with E-state index in [0.717, 1.165) is 35.8 Å². The standard InChI is InChI=1S/C12H16N4/c13-9-4-5-10-11(8-9)15-12(14-10)16-6-2-1-3-7-16/h4-5,8H,1-3,6-7,13H2,(H,14,15). The molecule has 1 saturated heterocycles. The first-order valence-corrected chi connectivity index (χ1v) is 5.83. The molecular formula is C12H16N4. The number of aromatic amines is 1. The Labute approximate surface area is 94.5 Å². The van der Waals surface area contributed by atoms with Gasteiger partial charge in [0.15, 0.2) is 0 Å². The number of nitrogens with zero attached hydrogens (tertiary/aromatic N) is 2. The fraction of sp³-hybridized carbons (Fsp3) is 0.417. The molecule has 4 heteroatoms. The Balaban J connectivity index is 1.97. The van der Waals surface area contributed by atoms with Crippen LogP contribution < -0.4 is 10.6 Å². The van der Waals surface area contributed by atoms with Gasteiger partial charge in [0.1, 0.15) is 0 Å². The Kier molecular flexibility index (Phi) is 2.20. The van der Waals surface area contributed by atoms with Crippen LogP contribution in [0.3, 0.4) is 0 Å². The van der Waals surface area contributed by atoms with Gasteiger partial charge in [-0.3, -0.25) is 0 Å². The number of hydrogen-bond donors (Lipinski definition) is 2. The lowest BCUT2D eigenvalue weighted by molar-refractivity contribution is 0.570. The summed E-state index contributed by atoms with van der Waals surface area (Å²) in [4.78, 5) is 10.3. The molecule has 1 fully saturated rings. The molecule has 16 heavy (non-hydrogen) atoms. The maximum atomic E-state index is 5.74. The van der Waals surface area contributed by atoms with Gasteiger partial charge < -0.3 is 15.6 Å². The zero-order valence-electron chi connectivity index (χ0n) is 9.24. The molecule has 0 aliphatic carbocycles. The zero-order chi connectivity index (χ0) is 11.0. The Bertz CT molecular complexity index is 497. The van der Waals surface area contributed by atoms with Gasteiger partial charge in [-0.15, -0.1) is 0 Å². The number of fused-ring (bicyclic) bond motifs is 1. The van der Waals surface area contributed by atoms with E-state index in [1.807, 2.05) is 18.2 Å². The average molecular weight is 216 g/mol. The Morgan fingerprint density at radius 3 is 2.81 bits per heavy atom. The lowest BCUT2D eigenvalue weighted by Gasteiger charge is -2.25. The topological polar surface area (TPSA) is 57.9 Å². The Morgan fingerprint density at radius 1 is 1.19 bits per heavy atom. The molecular weight excluding hydrogens is 200 g/mol. The van der Waals surface area contributed by atoms with Crippen molar-refractivity contribution in [2.75, 3.05) is 23.7 Å². The average Bonchev–Trinajstić information content (AvgIpc) is 2.73. The van der Waals surface area contributed by atoms with Crippen LogP contribution in [0.4, 0.5) is 11.6 Å². The van der Waals surface area contributed by atoms with Crippen LogP contribution in [-0.2, 0) is 0 Å². The lowest BCUT2D eigenvalue weighted by Crippen LogP contribution is -2.30. The summed E-state index contributed by atoms with van der Waals surface area (Å²) >= 11 is 0. The van der Waals surface area contributed by atoms with Gasteiger partial charge in [0.2, 0.25) is 5.95 Å². The quantitative estimate of drug-likeness (QED) is 0.718. The summed E-state index contributed by atoms with van der Waals surface area (Å²) < 4.78 is 0. The maximum absolute atomic E-state index is 5.74. The first kappa shape index (κ1) is 9.51. The van der Waals surface area contributed by atoms with E-state index in [-0.39, 0.29) is 0 Å². The van der Waals surface area contributed by atoms with Gasteiger partial charge in [-0.1, -0.05) is 0 Å². The van der Waals surface area contributed by atoms with Crippen LogP contribution in [0.1, 0.15) is 19.3 Å². The molecule has 0 atom stereocenters. The molecule has 2 heterocycles. The summed E-state index contributed by atoms with van der Waals surface area (Å²) in [6, 6.07) is 5.81. The molecule has 0 amide bonds. The van der Waals surface area contributed by atoms with E-state index in [9.17, 15) is 0 Å². The second-order valence-electron chi connectivity index (χ2n) is 4.38. The molecule has 0 bridgehead atoms. The van der Waals surface area contributed by atoms with E-state index in [0.29, 0.717) is 0 Å². The minimum atomic E-state index is 0.768. The number of aromatic nitrogens is 2. The predicted molar refractivity (Wildman–Crippen MR) is 66.6 cm³/mol. The van der Waals surface area contributed by atoms with Crippen LogP contribution >= 0.6 is 0 Å². The van der Waals surface area contributed by atoms with E-state index in [1.54, 1.807) is 0 Å².